The predicted molar refractivity (Wildman–Crippen MR) is 80.5 cm³/mol. The minimum Gasteiger partial charge on any atom is -0.468 e. The molecule has 0 radical (unpaired) electrons. The molecule has 4 heteroatoms. The van der Waals surface area contributed by atoms with Gasteiger partial charge in [-0.15, -0.1) is 0 Å². The fraction of sp³-hybridized carbons (Fsp3) is 0.933. The van der Waals surface area contributed by atoms with Crippen LogP contribution in [0.15, 0.2) is 0 Å². The van der Waals surface area contributed by atoms with Crippen molar-refractivity contribution < 1.29 is 9.53 Å². The molecular weight excluding hydrogens is 258 g/mol. The van der Waals surface area contributed by atoms with Crippen LogP contribution in [-0.4, -0.2) is 35.7 Å². The summed E-state index contributed by atoms with van der Waals surface area (Å²) in [6.07, 6.45) is 6.67. The topological polar surface area (TPSA) is 38.3 Å². The summed E-state index contributed by atoms with van der Waals surface area (Å²) < 4.78 is 5.08. The SMILES string of the molecule is COC(=O)C1(NC2CC2)CCCC(SCC(C)C)C1. The predicted octanol–water partition coefficient (Wildman–Crippen LogP) is 2.98. The van der Waals surface area contributed by atoms with Crippen LogP contribution in [-0.2, 0) is 9.53 Å². The van der Waals surface area contributed by atoms with Gasteiger partial charge in [-0.05, 0) is 50.2 Å². The number of thioether (sulfide) groups is 1. The van der Waals surface area contributed by atoms with E-state index in [0.29, 0.717) is 11.3 Å². The van der Waals surface area contributed by atoms with Gasteiger partial charge in [-0.2, -0.15) is 11.8 Å². The third-order valence-electron chi connectivity index (χ3n) is 4.00. The van der Waals surface area contributed by atoms with Crippen molar-refractivity contribution in [1.82, 2.24) is 5.32 Å². The molecule has 2 aliphatic carbocycles. The number of ether oxygens (including phenoxy) is 1. The molecule has 0 aromatic rings. The van der Waals surface area contributed by atoms with Crippen molar-refractivity contribution in [2.24, 2.45) is 5.92 Å². The van der Waals surface area contributed by atoms with E-state index in [9.17, 15) is 4.79 Å². The molecule has 1 N–H and O–H groups in total. The maximum Gasteiger partial charge on any atom is 0.326 e. The lowest BCUT2D eigenvalue weighted by molar-refractivity contribution is -0.150. The van der Waals surface area contributed by atoms with E-state index < -0.39 is 5.54 Å². The molecule has 0 aliphatic heterocycles. The lowest BCUT2D eigenvalue weighted by atomic mass is 9.81. The molecule has 2 fully saturated rings. The van der Waals surface area contributed by atoms with Crippen LogP contribution in [0.4, 0.5) is 0 Å². The van der Waals surface area contributed by atoms with Crippen LogP contribution in [0.5, 0.6) is 0 Å². The van der Waals surface area contributed by atoms with Crippen molar-refractivity contribution in [2.75, 3.05) is 12.9 Å². The number of nitrogens with one attached hydrogen (secondary N) is 1. The Hall–Kier alpha value is -0.220. The molecule has 0 saturated heterocycles. The quantitative estimate of drug-likeness (QED) is 0.761. The Morgan fingerprint density at radius 2 is 2.16 bits per heavy atom. The van der Waals surface area contributed by atoms with Gasteiger partial charge in [0.05, 0.1) is 7.11 Å². The van der Waals surface area contributed by atoms with Gasteiger partial charge in [0.2, 0.25) is 0 Å². The molecule has 2 aliphatic rings. The second-order valence-electron chi connectivity index (χ2n) is 6.44. The molecule has 2 rings (SSSR count). The monoisotopic (exact) mass is 285 g/mol. The highest BCUT2D eigenvalue weighted by Gasteiger charge is 2.46. The highest BCUT2D eigenvalue weighted by Crippen LogP contribution is 2.38. The zero-order valence-electron chi connectivity index (χ0n) is 12.4. The van der Waals surface area contributed by atoms with Gasteiger partial charge in [0, 0.05) is 11.3 Å². The number of methoxy groups -OCH3 is 1. The van der Waals surface area contributed by atoms with Crippen LogP contribution >= 0.6 is 11.8 Å². The van der Waals surface area contributed by atoms with Crippen molar-refractivity contribution in [2.45, 2.75) is 69.2 Å². The summed E-state index contributed by atoms with van der Waals surface area (Å²) in [6.45, 7) is 4.51. The van der Waals surface area contributed by atoms with Gasteiger partial charge in [-0.1, -0.05) is 13.8 Å². The first-order valence-corrected chi connectivity index (χ1v) is 8.58. The highest BCUT2D eigenvalue weighted by atomic mass is 32.2. The second kappa shape index (κ2) is 6.49. The molecule has 19 heavy (non-hydrogen) atoms. The van der Waals surface area contributed by atoms with Crippen LogP contribution in [0.3, 0.4) is 0 Å². The normalized spacial score (nSPS) is 31.5. The second-order valence-corrected chi connectivity index (χ2v) is 7.77. The summed E-state index contributed by atoms with van der Waals surface area (Å²) in [6, 6.07) is 0.549. The zero-order valence-corrected chi connectivity index (χ0v) is 13.2. The molecular formula is C15H27NO2S. The number of rotatable bonds is 6. The van der Waals surface area contributed by atoms with E-state index in [1.165, 1.54) is 32.1 Å². The molecule has 0 aromatic heterocycles. The van der Waals surface area contributed by atoms with Gasteiger partial charge in [0.1, 0.15) is 5.54 Å². The van der Waals surface area contributed by atoms with E-state index in [1.54, 1.807) is 0 Å². The van der Waals surface area contributed by atoms with Crippen molar-refractivity contribution in [1.29, 1.82) is 0 Å². The van der Waals surface area contributed by atoms with Gasteiger partial charge in [0.25, 0.3) is 0 Å². The Morgan fingerprint density at radius 1 is 1.42 bits per heavy atom. The van der Waals surface area contributed by atoms with E-state index in [4.69, 9.17) is 4.74 Å². The number of carbonyl (C=O) groups is 1. The van der Waals surface area contributed by atoms with Crippen molar-refractivity contribution >= 4 is 17.7 Å². The summed E-state index contributed by atoms with van der Waals surface area (Å²) in [5.41, 5.74) is -0.400. The number of carbonyl (C=O) groups excluding carboxylic acids is 1. The maximum atomic E-state index is 12.2. The van der Waals surface area contributed by atoms with Crippen LogP contribution < -0.4 is 5.32 Å². The maximum absolute atomic E-state index is 12.2. The van der Waals surface area contributed by atoms with Crippen molar-refractivity contribution in [3.05, 3.63) is 0 Å². The molecule has 0 amide bonds. The average Bonchev–Trinajstić information content (AvgIpc) is 3.19. The van der Waals surface area contributed by atoms with Crippen LogP contribution in [0, 0.1) is 5.92 Å². The summed E-state index contributed by atoms with van der Waals surface area (Å²) in [5, 5.41) is 4.19. The third-order valence-corrected chi connectivity index (χ3v) is 5.74. The molecule has 0 spiro atoms. The van der Waals surface area contributed by atoms with E-state index in [2.05, 4.69) is 19.2 Å². The first-order valence-electron chi connectivity index (χ1n) is 7.53. The van der Waals surface area contributed by atoms with Gasteiger partial charge < -0.3 is 4.74 Å². The summed E-state index contributed by atoms with van der Waals surface area (Å²) in [5.74, 6) is 1.86. The summed E-state index contributed by atoms with van der Waals surface area (Å²) >= 11 is 2.04. The first kappa shape index (κ1) is 15.2. The van der Waals surface area contributed by atoms with Crippen molar-refractivity contribution in [3.63, 3.8) is 0 Å². The van der Waals surface area contributed by atoms with Crippen molar-refractivity contribution in [3.8, 4) is 0 Å². The largest absolute Gasteiger partial charge is 0.468 e. The Morgan fingerprint density at radius 3 is 2.74 bits per heavy atom. The standard InChI is InChI=1S/C15H27NO2S/c1-11(2)10-19-13-5-4-8-15(9-13,14(17)18-3)16-12-6-7-12/h11-13,16H,4-10H2,1-3H3. The number of esters is 1. The van der Waals surface area contributed by atoms with Gasteiger partial charge in [0.15, 0.2) is 0 Å². The van der Waals surface area contributed by atoms with Gasteiger partial charge in [-0.25, -0.2) is 0 Å². The van der Waals surface area contributed by atoms with Gasteiger partial charge >= 0.3 is 5.97 Å². The Kier molecular flexibility index (Phi) is 5.18. The Labute approximate surface area is 121 Å². The molecule has 0 bridgehead atoms. The number of hydrogen-bond donors (Lipinski definition) is 1. The third kappa shape index (κ3) is 4.12. The molecule has 110 valence electrons. The lowest BCUT2D eigenvalue weighted by Crippen LogP contribution is -2.56. The minimum atomic E-state index is -0.400. The van der Waals surface area contributed by atoms with E-state index in [-0.39, 0.29) is 5.97 Å². The molecule has 2 unspecified atom stereocenters. The molecule has 2 saturated carbocycles. The van der Waals surface area contributed by atoms with Crippen LogP contribution in [0.1, 0.15) is 52.4 Å². The zero-order chi connectivity index (χ0) is 13.9. The molecule has 2 atom stereocenters. The average molecular weight is 285 g/mol. The Balaban J connectivity index is 1.98. The van der Waals surface area contributed by atoms with Gasteiger partial charge in [-0.3, -0.25) is 10.1 Å². The fourth-order valence-electron chi connectivity index (χ4n) is 2.88. The lowest BCUT2D eigenvalue weighted by Gasteiger charge is -2.39. The van der Waals surface area contributed by atoms with E-state index in [0.717, 1.165) is 25.2 Å². The molecule has 3 nitrogen and oxygen atoms in total. The number of hydrogen-bond acceptors (Lipinski definition) is 4. The van der Waals surface area contributed by atoms with Crippen LogP contribution in [0.25, 0.3) is 0 Å². The van der Waals surface area contributed by atoms with Crippen LogP contribution in [0.2, 0.25) is 0 Å². The first-order chi connectivity index (χ1) is 9.05. The summed E-state index contributed by atoms with van der Waals surface area (Å²) in [4.78, 5) is 12.2. The van der Waals surface area contributed by atoms with E-state index >= 15 is 0 Å². The highest BCUT2D eigenvalue weighted by molar-refractivity contribution is 7.99. The fourth-order valence-corrected chi connectivity index (χ4v) is 4.28. The molecule has 0 aromatic carbocycles. The molecule has 0 heterocycles. The smallest absolute Gasteiger partial charge is 0.326 e. The van der Waals surface area contributed by atoms with E-state index in [1.807, 2.05) is 11.8 Å². The minimum absolute atomic E-state index is 0.0470. The Bertz CT molecular complexity index is 317. The summed E-state index contributed by atoms with van der Waals surface area (Å²) in [7, 11) is 1.52.